The molecule has 2 aliphatic heterocycles. The largest absolute Gasteiger partial charge is 0.366 e. The summed E-state index contributed by atoms with van der Waals surface area (Å²) >= 11 is 0. The van der Waals surface area contributed by atoms with Gasteiger partial charge in [-0.3, -0.25) is 14.4 Å². The van der Waals surface area contributed by atoms with Crippen LogP contribution in [0.3, 0.4) is 0 Å². The molecule has 1 saturated carbocycles. The van der Waals surface area contributed by atoms with Gasteiger partial charge in [-0.25, -0.2) is 0 Å². The molecule has 1 aliphatic carbocycles. The number of rotatable bonds is 5. The molecular formula is C27H41N5O3. The number of amides is 3. The first-order valence-electron chi connectivity index (χ1n) is 13.2. The first-order chi connectivity index (χ1) is 16.7. The maximum atomic E-state index is 13.1. The third-order valence-electron chi connectivity index (χ3n) is 7.29. The van der Waals surface area contributed by atoms with Gasteiger partial charge in [-0.05, 0) is 36.5 Å². The molecule has 2 saturated heterocycles. The van der Waals surface area contributed by atoms with E-state index in [1.54, 1.807) is 0 Å². The molecule has 0 spiro atoms. The van der Waals surface area contributed by atoms with Gasteiger partial charge in [-0.1, -0.05) is 33.6 Å². The lowest BCUT2D eigenvalue weighted by Gasteiger charge is -2.38. The molecule has 0 unspecified atom stereocenters. The lowest BCUT2D eigenvalue weighted by Crippen LogP contribution is -2.49. The van der Waals surface area contributed by atoms with Crippen LogP contribution in [0.2, 0.25) is 0 Å². The van der Waals surface area contributed by atoms with Crippen LogP contribution in [0.15, 0.2) is 18.2 Å². The molecule has 2 N–H and O–H groups in total. The summed E-state index contributed by atoms with van der Waals surface area (Å²) in [5.74, 6) is 0.299. The average molecular weight is 484 g/mol. The highest BCUT2D eigenvalue weighted by Gasteiger charge is 2.28. The Balaban J connectivity index is 1.50. The van der Waals surface area contributed by atoms with Crippen LogP contribution in [0.5, 0.6) is 0 Å². The monoisotopic (exact) mass is 483 g/mol. The van der Waals surface area contributed by atoms with Crippen LogP contribution in [0.4, 0.5) is 11.4 Å². The van der Waals surface area contributed by atoms with Crippen molar-refractivity contribution in [3.8, 4) is 0 Å². The van der Waals surface area contributed by atoms with E-state index < -0.39 is 0 Å². The van der Waals surface area contributed by atoms with E-state index in [-0.39, 0.29) is 29.1 Å². The number of nitrogens with zero attached hydrogens (tertiary/aromatic N) is 3. The minimum Gasteiger partial charge on any atom is -0.366 e. The molecule has 1 aromatic carbocycles. The predicted molar refractivity (Wildman–Crippen MR) is 139 cm³/mol. The minimum atomic E-state index is -0.0291. The predicted octanol–water partition coefficient (Wildman–Crippen LogP) is 2.95. The smallest absolute Gasteiger partial charge is 0.254 e. The molecule has 0 bridgehead atoms. The summed E-state index contributed by atoms with van der Waals surface area (Å²) in [4.78, 5) is 44.9. The molecular weight excluding hydrogens is 442 g/mol. The fourth-order valence-electron chi connectivity index (χ4n) is 5.28. The summed E-state index contributed by atoms with van der Waals surface area (Å²) in [6.45, 7) is 12.0. The molecule has 8 heteroatoms. The Morgan fingerprint density at radius 2 is 1.60 bits per heavy atom. The van der Waals surface area contributed by atoms with Crippen molar-refractivity contribution >= 4 is 29.1 Å². The fourth-order valence-corrected chi connectivity index (χ4v) is 5.28. The normalized spacial score (nSPS) is 19.7. The lowest BCUT2D eigenvalue weighted by atomic mass is 9.91. The molecule has 3 amide bonds. The zero-order valence-electron chi connectivity index (χ0n) is 21.6. The van der Waals surface area contributed by atoms with Gasteiger partial charge in [0.05, 0.1) is 11.4 Å². The molecule has 2 heterocycles. The summed E-state index contributed by atoms with van der Waals surface area (Å²) in [6.07, 6.45) is 4.58. The summed E-state index contributed by atoms with van der Waals surface area (Å²) in [7, 11) is 0. The summed E-state index contributed by atoms with van der Waals surface area (Å²) < 4.78 is 0. The summed E-state index contributed by atoms with van der Waals surface area (Å²) in [6, 6.07) is 5.69. The Morgan fingerprint density at radius 3 is 2.23 bits per heavy atom. The van der Waals surface area contributed by atoms with Crippen LogP contribution in [-0.2, 0) is 9.59 Å². The number of anilines is 2. The van der Waals surface area contributed by atoms with Crippen molar-refractivity contribution in [3.05, 3.63) is 23.8 Å². The van der Waals surface area contributed by atoms with Crippen LogP contribution in [-0.4, -0.2) is 79.9 Å². The number of hydrogen-bond donors (Lipinski definition) is 2. The van der Waals surface area contributed by atoms with Crippen LogP contribution < -0.4 is 15.5 Å². The summed E-state index contributed by atoms with van der Waals surface area (Å²) in [5, 5.41) is 6.45. The fraction of sp³-hybridized carbons (Fsp3) is 0.667. The molecule has 8 nitrogen and oxygen atoms in total. The van der Waals surface area contributed by atoms with Crippen molar-refractivity contribution < 1.29 is 14.4 Å². The minimum absolute atomic E-state index is 0.00649. The van der Waals surface area contributed by atoms with Crippen LogP contribution in [0.1, 0.15) is 63.2 Å². The van der Waals surface area contributed by atoms with Crippen molar-refractivity contribution in [2.75, 3.05) is 62.6 Å². The number of carbonyl (C=O) groups excluding carboxylic acids is 3. The van der Waals surface area contributed by atoms with E-state index in [1.165, 1.54) is 0 Å². The number of hydrogen-bond acceptors (Lipinski definition) is 5. The topological polar surface area (TPSA) is 85.0 Å². The molecule has 35 heavy (non-hydrogen) atoms. The zero-order valence-corrected chi connectivity index (χ0v) is 21.6. The van der Waals surface area contributed by atoms with Gasteiger partial charge in [0.2, 0.25) is 11.8 Å². The van der Waals surface area contributed by atoms with Crippen molar-refractivity contribution in [3.63, 3.8) is 0 Å². The maximum Gasteiger partial charge on any atom is 0.254 e. The number of benzene rings is 1. The molecule has 3 fully saturated rings. The highest BCUT2D eigenvalue weighted by molar-refractivity contribution is 6.00. The van der Waals surface area contributed by atoms with Gasteiger partial charge in [-0.15, -0.1) is 0 Å². The molecule has 1 aromatic rings. The van der Waals surface area contributed by atoms with Gasteiger partial charge in [-0.2, -0.15) is 0 Å². The number of carbonyl (C=O) groups is 3. The van der Waals surface area contributed by atoms with Crippen LogP contribution in [0, 0.1) is 11.3 Å². The Morgan fingerprint density at radius 1 is 0.943 bits per heavy atom. The number of nitrogens with one attached hydrogen (secondary N) is 2. The second-order valence-electron chi connectivity index (χ2n) is 11.4. The Bertz CT molecular complexity index is 921. The maximum absolute atomic E-state index is 13.1. The second kappa shape index (κ2) is 11.0. The molecule has 3 aliphatic rings. The van der Waals surface area contributed by atoms with E-state index in [4.69, 9.17) is 0 Å². The van der Waals surface area contributed by atoms with E-state index >= 15 is 0 Å². The second-order valence-corrected chi connectivity index (χ2v) is 11.4. The molecule has 0 radical (unpaired) electrons. The average Bonchev–Trinajstić information content (AvgIpc) is 3.38. The Hall–Kier alpha value is -2.61. The van der Waals surface area contributed by atoms with E-state index in [1.807, 2.05) is 28.0 Å². The molecule has 0 atom stereocenters. The van der Waals surface area contributed by atoms with E-state index in [0.717, 1.165) is 44.5 Å². The molecule has 0 aromatic heterocycles. The van der Waals surface area contributed by atoms with Crippen molar-refractivity contribution in [2.45, 2.75) is 52.9 Å². The first kappa shape index (κ1) is 25.5. The van der Waals surface area contributed by atoms with Crippen molar-refractivity contribution in [2.24, 2.45) is 11.3 Å². The number of piperazine rings is 2. The quantitative estimate of drug-likeness (QED) is 0.673. The van der Waals surface area contributed by atoms with Gasteiger partial charge in [0, 0.05) is 70.3 Å². The first-order valence-corrected chi connectivity index (χ1v) is 13.2. The van der Waals surface area contributed by atoms with Crippen molar-refractivity contribution in [1.82, 2.24) is 15.1 Å². The van der Waals surface area contributed by atoms with Gasteiger partial charge in [0.1, 0.15) is 0 Å². The lowest BCUT2D eigenvalue weighted by molar-refractivity contribution is -0.133. The van der Waals surface area contributed by atoms with Gasteiger partial charge < -0.3 is 25.3 Å². The Kier molecular flexibility index (Phi) is 7.99. The highest BCUT2D eigenvalue weighted by atomic mass is 16.2. The highest BCUT2D eigenvalue weighted by Crippen LogP contribution is 2.32. The van der Waals surface area contributed by atoms with E-state index in [2.05, 4.69) is 36.3 Å². The van der Waals surface area contributed by atoms with E-state index in [9.17, 15) is 14.4 Å². The van der Waals surface area contributed by atoms with Gasteiger partial charge >= 0.3 is 0 Å². The third-order valence-corrected chi connectivity index (χ3v) is 7.29. The van der Waals surface area contributed by atoms with Crippen LogP contribution in [0.25, 0.3) is 0 Å². The standard InChI is InChI=1S/C27H41N5O3/c1-27(2,3)19-24(33)31-16-14-30(15-17-31)23-9-8-21(26(35)32-12-10-28-11-13-32)18-22(23)29-25(34)20-6-4-5-7-20/h8-9,18,20,28H,4-7,10-17,19H2,1-3H3,(H,29,34). The SMILES string of the molecule is CC(C)(C)CC(=O)N1CCN(c2ccc(C(=O)N3CCNCC3)cc2NC(=O)C2CCCC2)CC1. The Labute approximate surface area is 209 Å². The summed E-state index contributed by atoms with van der Waals surface area (Å²) in [5.41, 5.74) is 2.21. The zero-order chi connectivity index (χ0) is 25.0. The van der Waals surface area contributed by atoms with E-state index in [0.29, 0.717) is 56.9 Å². The van der Waals surface area contributed by atoms with Crippen LogP contribution >= 0.6 is 0 Å². The molecule has 4 rings (SSSR count). The van der Waals surface area contributed by atoms with Gasteiger partial charge in [0.25, 0.3) is 5.91 Å². The van der Waals surface area contributed by atoms with Gasteiger partial charge in [0.15, 0.2) is 0 Å². The molecule has 192 valence electrons. The van der Waals surface area contributed by atoms with Crippen molar-refractivity contribution in [1.29, 1.82) is 0 Å². The third kappa shape index (κ3) is 6.54.